The second-order valence-corrected chi connectivity index (χ2v) is 3.63. The van der Waals surface area contributed by atoms with E-state index < -0.39 is 12.4 Å². The van der Waals surface area contributed by atoms with Crippen LogP contribution in [0, 0.1) is 0 Å². The number of methoxy groups -OCH3 is 1. The Morgan fingerprint density at radius 1 is 1.56 bits per heavy atom. The molecule has 0 aliphatic heterocycles. The van der Waals surface area contributed by atoms with Crippen molar-refractivity contribution >= 4 is 6.08 Å². The SMILES string of the molecule is COc1cc(/C=C(/F)CO)ccc1-n1cccn1. The number of ether oxygens (including phenoxy) is 1. The van der Waals surface area contributed by atoms with Crippen LogP contribution in [0.25, 0.3) is 11.8 Å². The fourth-order valence-corrected chi connectivity index (χ4v) is 1.61. The van der Waals surface area contributed by atoms with Crippen LogP contribution in [0.2, 0.25) is 0 Å². The van der Waals surface area contributed by atoms with E-state index >= 15 is 0 Å². The summed E-state index contributed by atoms with van der Waals surface area (Å²) in [6, 6.07) is 7.00. The largest absolute Gasteiger partial charge is 0.494 e. The zero-order valence-electron chi connectivity index (χ0n) is 9.88. The lowest BCUT2D eigenvalue weighted by atomic mass is 10.1. The van der Waals surface area contributed by atoms with E-state index in [4.69, 9.17) is 9.84 Å². The summed E-state index contributed by atoms with van der Waals surface area (Å²) in [5.74, 6) is -0.0120. The average Bonchev–Trinajstić information content (AvgIpc) is 2.92. The fourth-order valence-electron chi connectivity index (χ4n) is 1.61. The third kappa shape index (κ3) is 2.57. The number of halogens is 1. The summed E-state index contributed by atoms with van der Waals surface area (Å²) in [4.78, 5) is 0. The van der Waals surface area contributed by atoms with Gasteiger partial charge in [0.2, 0.25) is 0 Å². The van der Waals surface area contributed by atoms with Crippen LogP contribution in [-0.4, -0.2) is 28.6 Å². The Bertz CT molecular complexity index is 550. The molecule has 0 aliphatic rings. The molecule has 0 spiro atoms. The number of hydrogen-bond donors (Lipinski definition) is 1. The van der Waals surface area contributed by atoms with Gasteiger partial charge in [-0.25, -0.2) is 9.07 Å². The number of aromatic nitrogens is 2. The molecular formula is C13H13FN2O2. The van der Waals surface area contributed by atoms with Crippen molar-refractivity contribution in [3.05, 3.63) is 48.0 Å². The smallest absolute Gasteiger partial charge is 0.145 e. The normalized spacial score (nSPS) is 11.6. The van der Waals surface area contributed by atoms with Crippen LogP contribution in [-0.2, 0) is 0 Å². The molecule has 2 aromatic rings. The van der Waals surface area contributed by atoms with Crippen molar-refractivity contribution in [2.45, 2.75) is 0 Å². The molecule has 0 bridgehead atoms. The minimum Gasteiger partial charge on any atom is -0.494 e. The molecular weight excluding hydrogens is 235 g/mol. The highest BCUT2D eigenvalue weighted by Crippen LogP contribution is 2.24. The molecule has 5 heteroatoms. The summed E-state index contributed by atoms with van der Waals surface area (Å²) in [6.45, 7) is -0.608. The Labute approximate surface area is 104 Å². The molecule has 2 rings (SSSR count). The Balaban J connectivity index is 2.41. The Morgan fingerprint density at radius 3 is 3.00 bits per heavy atom. The molecule has 0 saturated heterocycles. The van der Waals surface area contributed by atoms with Crippen molar-refractivity contribution in [3.63, 3.8) is 0 Å². The molecule has 1 aromatic carbocycles. The van der Waals surface area contributed by atoms with Crippen LogP contribution < -0.4 is 4.74 Å². The summed E-state index contributed by atoms with van der Waals surface area (Å²) < 4.78 is 19.9. The van der Waals surface area contributed by atoms with Gasteiger partial charge < -0.3 is 9.84 Å². The number of hydrogen-bond acceptors (Lipinski definition) is 3. The van der Waals surface area contributed by atoms with Gasteiger partial charge in [0.25, 0.3) is 0 Å². The molecule has 0 amide bonds. The third-order valence-electron chi connectivity index (χ3n) is 2.43. The first-order chi connectivity index (χ1) is 8.74. The van der Waals surface area contributed by atoms with Crippen LogP contribution in [0.1, 0.15) is 5.56 Å². The molecule has 94 valence electrons. The summed E-state index contributed by atoms with van der Waals surface area (Å²) in [5, 5.41) is 12.7. The molecule has 4 nitrogen and oxygen atoms in total. The van der Waals surface area contributed by atoms with Gasteiger partial charge in [-0.3, -0.25) is 0 Å². The highest BCUT2D eigenvalue weighted by atomic mass is 19.1. The van der Waals surface area contributed by atoms with Crippen molar-refractivity contribution < 1.29 is 14.2 Å². The lowest BCUT2D eigenvalue weighted by Gasteiger charge is -2.09. The molecule has 0 unspecified atom stereocenters. The Morgan fingerprint density at radius 2 is 2.39 bits per heavy atom. The summed E-state index contributed by atoms with van der Waals surface area (Å²) in [6.07, 6.45) is 4.72. The molecule has 0 aliphatic carbocycles. The van der Waals surface area contributed by atoms with Gasteiger partial charge in [0, 0.05) is 12.4 Å². The molecule has 0 radical (unpaired) electrons. The molecule has 1 N–H and O–H groups in total. The number of aliphatic hydroxyl groups is 1. The number of aliphatic hydroxyl groups excluding tert-OH is 1. The minimum atomic E-state index is -0.608. The molecule has 1 aromatic heterocycles. The van der Waals surface area contributed by atoms with Crippen LogP contribution in [0.3, 0.4) is 0 Å². The molecule has 0 saturated carbocycles. The zero-order chi connectivity index (χ0) is 13.0. The average molecular weight is 248 g/mol. The van der Waals surface area contributed by atoms with Gasteiger partial charge in [0.15, 0.2) is 0 Å². The zero-order valence-corrected chi connectivity index (χ0v) is 9.88. The predicted octanol–water partition coefficient (Wildman–Crippen LogP) is 2.18. The summed E-state index contributed by atoms with van der Waals surface area (Å²) in [7, 11) is 1.54. The van der Waals surface area contributed by atoms with Gasteiger partial charge in [0.05, 0.1) is 13.7 Å². The van der Waals surface area contributed by atoms with Gasteiger partial charge in [-0.2, -0.15) is 5.10 Å². The van der Waals surface area contributed by atoms with E-state index in [2.05, 4.69) is 5.10 Å². The van der Waals surface area contributed by atoms with E-state index in [9.17, 15) is 4.39 Å². The van der Waals surface area contributed by atoms with Crippen LogP contribution >= 0.6 is 0 Å². The van der Waals surface area contributed by atoms with Gasteiger partial charge >= 0.3 is 0 Å². The summed E-state index contributed by atoms with van der Waals surface area (Å²) >= 11 is 0. The van der Waals surface area contributed by atoms with Crippen molar-refractivity contribution in [2.75, 3.05) is 13.7 Å². The van der Waals surface area contributed by atoms with E-state index in [0.29, 0.717) is 11.3 Å². The van der Waals surface area contributed by atoms with Gasteiger partial charge in [0.1, 0.15) is 17.3 Å². The van der Waals surface area contributed by atoms with E-state index in [1.54, 1.807) is 41.3 Å². The van der Waals surface area contributed by atoms with Gasteiger partial charge in [-0.15, -0.1) is 0 Å². The number of nitrogens with zero attached hydrogens (tertiary/aromatic N) is 2. The second kappa shape index (κ2) is 5.46. The first kappa shape index (κ1) is 12.3. The van der Waals surface area contributed by atoms with Crippen molar-refractivity contribution in [2.24, 2.45) is 0 Å². The van der Waals surface area contributed by atoms with E-state index in [-0.39, 0.29) is 0 Å². The molecule has 18 heavy (non-hydrogen) atoms. The van der Waals surface area contributed by atoms with E-state index in [0.717, 1.165) is 5.69 Å². The molecule has 0 atom stereocenters. The Kier molecular flexibility index (Phi) is 3.74. The fraction of sp³-hybridized carbons (Fsp3) is 0.154. The highest BCUT2D eigenvalue weighted by molar-refractivity contribution is 5.59. The van der Waals surface area contributed by atoms with Crippen LogP contribution in [0.15, 0.2) is 42.5 Å². The standard InChI is InChI=1S/C13H13FN2O2/c1-18-13-8-10(7-11(14)9-17)3-4-12(13)16-6-2-5-15-16/h2-8,17H,9H2,1H3/b11-7+. The minimum absolute atomic E-state index is 0.582. The maximum Gasteiger partial charge on any atom is 0.145 e. The number of benzene rings is 1. The topological polar surface area (TPSA) is 47.3 Å². The quantitative estimate of drug-likeness (QED) is 0.902. The van der Waals surface area contributed by atoms with Crippen LogP contribution in [0.4, 0.5) is 4.39 Å². The van der Waals surface area contributed by atoms with Gasteiger partial charge in [-0.1, -0.05) is 6.07 Å². The van der Waals surface area contributed by atoms with Crippen molar-refractivity contribution in [3.8, 4) is 11.4 Å². The van der Waals surface area contributed by atoms with Crippen molar-refractivity contribution in [1.82, 2.24) is 9.78 Å². The van der Waals surface area contributed by atoms with Crippen molar-refractivity contribution in [1.29, 1.82) is 0 Å². The van der Waals surface area contributed by atoms with E-state index in [1.807, 2.05) is 0 Å². The third-order valence-corrected chi connectivity index (χ3v) is 2.43. The van der Waals surface area contributed by atoms with E-state index in [1.165, 1.54) is 13.2 Å². The lowest BCUT2D eigenvalue weighted by Crippen LogP contribution is -1.98. The first-order valence-corrected chi connectivity index (χ1v) is 5.39. The molecule has 1 heterocycles. The van der Waals surface area contributed by atoms with Gasteiger partial charge in [-0.05, 0) is 29.8 Å². The lowest BCUT2D eigenvalue weighted by molar-refractivity contribution is 0.300. The monoisotopic (exact) mass is 248 g/mol. The maximum absolute atomic E-state index is 13.0. The maximum atomic E-state index is 13.0. The van der Waals surface area contributed by atoms with Crippen LogP contribution in [0.5, 0.6) is 5.75 Å². The number of rotatable bonds is 4. The predicted molar refractivity (Wildman–Crippen MR) is 66.3 cm³/mol. The summed E-state index contributed by atoms with van der Waals surface area (Å²) in [5.41, 5.74) is 1.39. The second-order valence-electron chi connectivity index (χ2n) is 3.63. The molecule has 0 fully saturated rings. The highest BCUT2D eigenvalue weighted by Gasteiger charge is 2.06. The first-order valence-electron chi connectivity index (χ1n) is 5.39. The Hall–Kier alpha value is -2.14.